The molecule has 0 spiro atoms. The van der Waals surface area contributed by atoms with E-state index < -0.39 is 11.4 Å². The summed E-state index contributed by atoms with van der Waals surface area (Å²) in [7, 11) is 0. The summed E-state index contributed by atoms with van der Waals surface area (Å²) in [6.07, 6.45) is 0.601. The number of hydrogen-bond donors (Lipinski definition) is 2. The van der Waals surface area contributed by atoms with Gasteiger partial charge < -0.3 is 16.4 Å². The van der Waals surface area contributed by atoms with Crippen molar-refractivity contribution in [2.45, 2.75) is 45.7 Å². The van der Waals surface area contributed by atoms with Crippen molar-refractivity contribution >= 4 is 5.91 Å². The fourth-order valence-electron chi connectivity index (χ4n) is 1.69. The normalized spacial score (nSPS) is 17.9. The lowest BCUT2D eigenvalue weighted by Gasteiger charge is -2.31. The van der Waals surface area contributed by atoms with E-state index in [9.17, 15) is 4.79 Å². The molecular weight excluding hydrogens is 178 g/mol. The number of carbonyl (C=O) groups excluding carboxylic acids is 1. The van der Waals surface area contributed by atoms with Gasteiger partial charge in [-0.1, -0.05) is 13.8 Å². The van der Waals surface area contributed by atoms with Crippen LogP contribution >= 0.6 is 0 Å². The van der Waals surface area contributed by atoms with Crippen LogP contribution in [0.2, 0.25) is 0 Å². The van der Waals surface area contributed by atoms with Crippen LogP contribution in [0.5, 0.6) is 0 Å². The molecule has 0 fully saturated rings. The average Bonchev–Trinajstić information content (AvgIpc) is 2.05. The second kappa shape index (κ2) is 5.32. The topological polar surface area (TPSA) is 72.3 Å². The van der Waals surface area contributed by atoms with Gasteiger partial charge in [0.2, 0.25) is 5.91 Å². The SMILES string of the molecule is CCN(CC)C(C)CC(C)(N)C(N)=O. The molecule has 0 aliphatic rings. The van der Waals surface area contributed by atoms with Crippen LogP contribution in [-0.4, -0.2) is 35.5 Å². The predicted molar refractivity (Wildman–Crippen MR) is 58.8 cm³/mol. The van der Waals surface area contributed by atoms with Crippen molar-refractivity contribution in [1.29, 1.82) is 0 Å². The van der Waals surface area contributed by atoms with Gasteiger partial charge in [-0.2, -0.15) is 0 Å². The Hall–Kier alpha value is -0.610. The van der Waals surface area contributed by atoms with Crippen LogP contribution in [0, 0.1) is 0 Å². The Morgan fingerprint density at radius 2 is 1.86 bits per heavy atom. The molecule has 0 aromatic heterocycles. The Morgan fingerprint density at radius 3 is 2.14 bits per heavy atom. The zero-order chi connectivity index (χ0) is 11.4. The van der Waals surface area contributed by atoms with Crippen molar-refractivity contribution in [3.63, 3.8) is 0 Å². The van der Waals surface area contributed by atoms with E-state index >= 15 is 0 Å². The maximum atomic E-state index is 11.0. The minimum absolute atomic E-state index is 0.285. The number of rotatable bonds is 6. The molecule has 4 N–H and O–H groups in total. The van der Waals surface area contributed by atoms with Crippen molar-refractivity contribution in [2.75, 3.05) is 13.1 Å². The van der Waals surface area contributed by atoms with Crippen molar-refractivity contribution in [3.05, 3.63) is 0 Å². The maximum Gasteiger partial charge on any atom is 0.237 e. The fourth-order valence-corrected chi connectivity index (χ4v) is 1.69. The second-order valence-electron chi connectivity index (χ2n) is 4.06. The van der Waals surface area contributed by atoms with Gasteiger partial charge in [0.15, 0.2) is 0 Å². The van der Waals surface area contributed by atoms with Gasteiger partial charge >= 0.3 is 0 Å². The molecule has 4 heteroatoms. The minimum atomic E-state index is -0.901. The standard InChI is InChI=1S/C10H23N3O/c1-5-13(6-2)8(3)7-10(4,12)9(11)14/h8H,5-7,12H2,1-4H3,(H2,11,14). The molecule has 84 valence electrons. The monoisotopic (exact) mass is 201 g/mol. The van der Waals surface area contributed by atoms with E-state index in [0.717, 1.165) is 13.1 Å². The highest BCUT2D eigenvalue weighted by molar-refractivity contribution is 5.83. The largest absolute Gasteiger partial charge is 0.368 e. The smallest absolute Gasteiger partial charge is 0.237 e. The summed E-state index contributed by atoms with van der Waals surface area (Å²) >= 11 is 0. The molecule has 14 heavy (non-hydrogen) atoms. The van der Waals surface area contributed by atoms with Gasteiger partial charge in [0.1, 0.15) is 0 Å². The van der Waals surface area contributed by atoms with Gasteiger partial charge in [-0.15, -0.1) is 0 Å². The second-order valence-corrected chi connectivity index (χ2v) is 4.06. The van der Waals surface area contributed by atoms with Gasteiger partial charge in [-0.05, 0) is 33.4 Å². The highest BCUT2D eigenvalue weighted by atomic mass is 16.1. The molecule has 2 unspecified atom stereocenters. The number of amides is 1. The summed E-state index contributed by atoms with van der Waals surface area (Å²) in [5.41, 5.74) is 10.1. The third kappa shape index (κ3) is 3.64. The van der Waals surface area contributed by atoms with Crippen LogP contribution in [0.25, 0.3) is 0 Å². The molecule has 0 heterocycles. The number of carbonyl (C=O) groups is 1. The molecule has 2 atom stereocenters. The maximum absolute atomic E-state index is 11.0. The molecule has 0 aromatic rings. The average molecular weight is 201 g/mol. The summed E-state index contributed by atoms with van der Waals surface area (Å²) in [4.78, 5) is 13.3. The van der Waals surface area contributed by atoms with Gasteiger partial charge in [-0.25, -0.2) is 0 Å². The summed E-state index contributed by atoms with van der Waals surface area (Å²) in [5.74, 6) is -0.434. The summed E-state index contributed by atoms with van der Waals surface area (Å²) < 4.78 is 0. The lowest BCUT2D eigenvalue weighted by molar-refractivity contribution is -0.123. The van der Waals surface area contributed by atoms with E-state index in [1.165, 1.54) is 0 Å². The number of primary amides is 1. The van der Waals surface area contributed by atoms with Gasteiger partial charge in [-0.3, -0.25) is 4.79 Å². The molecule has 0 saturated carbocycles. The van der Waals surface area contributed by atoms with Crippen LogP contribution in [0.4, 0.5) is 0 Å². The Labute approximate surface area is 86.6 Å². The first-order valence-electron chi connectivity index (χ1n) is 5.18. The third-order valence-corrected chi connectivity index (χ3v) is 2.72. The van der Waals surface area contributed by atoms with E-state index in [4.69, 9.17) is 11.5 Å². The first-order chi connectivity index (χ1) is 6.35. The zero-order valence-electron chi connectivity index (χ0n) is 9.71. The lowest BCUT2D eigenvalue weighted by Crippen LogP contribution is -2.53. The molecule has 1 amide bonds. The van der Waals surface area contributed by atoms with Gasteiger partial charge in [0, 0.05) is 6.04 Å². The molecular formula is C10H23N3O. The molecule has 0 saturated heterocycles. The third-order valence-electron chi connectivity index (χ3n) is 2.72. The van der Waals surface area contributed by atoms with Crippen molar-refractivity contribution in [2.24, 2.45) is 11.5 Å². The quantitative estimate of drug-likeness (QED) is 0.649. The van der Waals surface area contributed by atoms with Gasteiger partial charge in [0.25, 0.3) is 0 Å². The number of nitrogens with zero attached hydrogens (tertiary/aromatic N) is 1. The molecule has 0 rings (SSSR count). The van der Waals surface area contributed by atoms with Crippen molar-refractivity contribution in [3.8, 4) is 0 Å². The van der Waals surface area contributed by atoms with Gasteiger partial charge in [0.05, 0.1) is 5.54 Å². The van der Waals surface area contributed by atoms with E-state index in [-0.39, 0.29) is 6.04 Å². The highest BCUT2D eigenvalue weighted by Gasteiger charge is 2.29. The highest BCUT2D eigenvalue weighted by Crippen LogP contribution is 2.13. The Balaban J connectivity index is 4.29. The van der Waals surface area contributed by atoms with E-state index in [1.54, 1.807) is 6.92 Å². The molecule has 0 aliphatic heterocycles. The van der Waals surface area contributed by atoms with Crippen LogP contribution in [-0.2, 0) is 4.79 Å². The predicted octanol–water partition coefficient (Wildman–Crippen LogP) is 0.310. The Bertz CT molecular complexity index is 188. The van der Waals surface area contributed by atoms with E-state index in [0.29, 0.717) is 6.42 Å². The lowest BCUT2D eigenvalue weighted by atomic mass is 9.93. The van der Waals surface area contributed by atoms with Crippen LogP contribution in [0.1, 0.15) is 34.1 Å². The zero-order valence-corrected chi connectivity index (χ0v) is 9.71. The van der Waals surface area contributed by atoms with Crippen LogP contribution < -0.4 is 11.5 Å². The molecule has 0 aromatic carbocycles. The van der Waals surface area contributed by atoms with Crippen molar-refractivity contribution in [1.82, 2.24) is 4.90 Å². The first kappa shape index (κ1) is 13.4. The number of nitrogens with two attached hydrogens (primary N) is 2. The van der Waals surface area contributed by atoms with Crippen LogP contribution in [0.3, 0.4) is 0 Å². The first-order valence-corrected chi connectivity index (χ1v) is 5.18. The Kier molecular flexibility index (Phi) is 5.08. The Morgan fingerprint density at radius 1 is 1.43 bits per heavy atom. The molecule has 0 bridgehead atoms. The molecule has 0 radical (unpaired) electrons. The van der Waals surface area contributed by atoms with Crippen molar-refractivity contribution < 1.29 is 4.79 Å². The summed E-state index contributed by atoms with van der Waals surface area (Å²) in [6.45, 7) is 9.88. The molecule has 4 nitrogen and oxygen atoms in total. The fraction of sp³-hybridized carbons (Fsp3) is 0.900. The van der Waals surface area contributed by atoms with Crippen LogP contribution in [0.15, 0.2) is 0 Å². The van der Waals surface area contributed by atoms with E-state index in [1.807, 2.05) is 0 Å². The summed E-state index contributed by atoms with van der Waals surface area (Å²) in [5, 5.41) is 0. The minimum Gasteiger partial charge on any atom is -0.368 e. The van der Waals surface area contributed by atoms with E-state index in [2.05, 4.69) is 25.7 Å². The molecule has 0 aliphatic carbocycles. The summed E-state index contributed by atoms with van der Waals surface area (Å²) in [6, 6.07) is 0.285. The number of hydrogen-bond acceptors (Lipinski definition) is 3.